The largest absolute Gasteiger partial charge is 0.376 e. The summed E-state index contributed by atoms with van der Waals surface area (Å²) in [5.74, 6) is -1.74. The predicted octanol–water partition coefficient (Wildman–Crippen LogP) is 4.19. The van der Waals surface area contributed by atoms with E-state index >= 15 is 0 Å². The number of carbonyl (C=O) groups excluding carboxylic acids is 2. The topological polar surface area (TPSA) is 74.3 Å². The molecule has 0 bridgehead atoms. The Morgan fingerprint density at radius 2 is 1.41 bits per heavy atom. The zero-order chi connectivity index (χ0) is 23.5. The monoisotopic (exact) mass is 447 g/mol. The fourth-order valence-corrected chi connectivity index (χ4v) is 4.31. The van der Waals surface area contributed by atoms with Gasteiger partial charge in [0.15, 0.2) is 5.79 Å². The number of amides is 2. The smallest absolute Gasteiger partial charge is 0.261 e. The van der Waals surface area contributed by atoms with Crippen molar-refractivity contribution in [3.8, 4) is 0 Å². The molecule has 7 heteroatoms. The van der Waals surface area contributed by atoms with Crippen LogP contribution in [-0.2, 0) is 18.9 Å². The third-order valence-electron chi connectivity index (χ3n) is 5.95. The van der Waals surface area contributed by atoms with Gasteiger partial charge in [0.1, 0.15) is 12.2 Å². The van der Waals surface area contributed by atoms with E-state index < -0.39 is 11.8 Å². The Labute approximate surface area is 191 Å². The second kappa shape index (κ2) is 10.4. The van der Waals surface area contributed by atoms with Crippen molar-refractivity contribution >= 4 is 11.8 Å². The van der Waals surface area contributed by atoms with E-state index in [2.05, 4.69) is 6.92 Å². The summed E-state index contributed by atoms with van der Waals surface area (Å²) in [7, 11) is 0. The molecule has 0 radical (unpaired) electrons. The standard InChI is InChI=1S/C25H37NO6/c1-7-8-13-22(26-23(27)18-11-9-10-12-19(18)24(26)28)25(6)31-20(14-29-16(2)3)21(32-25)15-30-17(4)5/h9-12,16-17,20-22H,7-8,13-15H2,1-6H3/t20-,21-,22-/m0/s1. The Morgan fingerprint density at radius 1 is 0.938 bits per heavy atom. The zero-order valence-corrected chi connectivity index (χ0v) is 20.1. The molecule has 1 aromatic carbocycles. The van der Waals surface area contributed by atoms with Gasteiger partial charge >= 0.3 is 0 Å². The first kappa shape index (κ1) is 24.8. The third-order valence-corrected chi connectivity index (χ3v) is 5.95. The van der Waals surface area contributed by atoms with Gasteiger partial charge < -0.3 is 18.9 Å². The summed E-state index contributed by atoms with van der Waals surface area (Å²) in [4.78, 5) is 27.8. The molecule has 3 rings (SSSR count). The van der Waals surface area contributed by atoms with Crippen LogP contribution in [0.25, 0.3) is 0 Å². The average Bonchev–Trinajstić information content (AvgIpc) is 3.21. The molecule has 178 valence electrons. The summed E-state index contributed by atoms with van der Waals surface area (Å²) in [5, 5.41) is 0. The molecular formula is C25H37NO6. The maximum Gasteiger partial charge on any atom is 0.261 e. The fourth-order valence-electron chi connectivity index (χ4n) is 4.31. The minimum absolute atomic E-state index is 0.0456. The van der Waals surface area contributed by atoms with Gasteiger partial charge in [-0.15, -0.1) is 0 Å². The van der Waals surface area contributed by atoms with Crippen LogP contribution in [0.4, 0.5) is 0 Å². The molecule has 0 aliphatic carbocycles. The second-order valence-electron chi connectivity index (χ2n) is 9.28. The first-order chi connectivity index (χ1) is 15.2. The van der Waals surface area contributed by atoms with E-state index in [0.717, 1.165) is 12.8 Å². The van der Waals surface area contributed by atoms with E-state index in [0.29, 0.717) is 30.8 Å². The number of rotatable bonds is 11. The lowest BCUT2D eigenvalue weighted by atomic mass is 10.00. The van der Waals surface area contributed by atoms with E-state index in [1.54, 1.807) is 24.3 Å². The van der Waals surface area contributed by atoms with Gasteiger partial charge in [0.25, 0.3) is 11.8 Å². The molecule has 0 spiro atoms. The van der Waals surface area contributed by atoms with Crippen molar-refractivity contribution in [2.24, 2.45) is 0 Å². The van der Waals surface area contributed by atoms with Crippen LogP contribution in [0.1, 0.15) is 81.5 Å². The average molecular weight is 448 g/mol. The minimum atomic E-state index is -1.15. The van der Waals surface area contributed by atoms with Crippen LogP contribution in [0.5, 0.6) is 0 Å². The molecule has 1 fully saturated rings. The van der Waals surface area contributed by atoms with Crippen LogP contribution in [0.2, 0.25) is 0 Å². The van der Waals surface area contributed by atoms with E-state index in [1.165, 1.54) is 4.90 Å². The molecule has 0 aromatic heterocycles. The summed E-state index contributed by atoms with van der Waals surface area (Å²) >= 11 is 0. The number of hydrogen-bond donors (Lipinski definition) is 0. The van der Waals surface area contributed by atoms with Gasteiger partial charge in [-0.25, -0.2) is 0 Å². The molecule has 0 unspecified atom stereocenters. The van der Waals surface area contributed by atoms with Crippen LogP contribution >= 0.6 is 0 Å². The summed E-state index contributed by atoms with van der Waals surface area (Å²) in [6.07, 6.45) is 1.72. The Morgan fingerprint density at radius 3 is 1.81 bits per heavy atom. The highest BCUT2D eigenvalue weighted by atomic mass is 16.8. The molecule has 1 saturated heterocycles. The highest BCUT2D eigenvalue weighted by molar-refractivity contribution is 6.21. The normalized spacial score (nSPS) is 23.4. The van der Waals surface area contributed by atoms with Crippen molar-refractivity contribution in [3.63, 3.8) is 0 Å². The maximum absolute atomic E-state index is 13.2. The SMILES string of the molecule is CCCC[C@H](N1C(=O)c2ccccc2C1=O)C1(C)O[C@@H](COC(C)C)[C@H](COC(C)C)O1. The highest BCUT2D eigenvalue weighted by Gasteiger charge is 2.55. The van der Waals surface area contributed by atoms with Crippen molar-refractivity contribution in [1.29, 1.82) is 0 Å². The molecular weight excluding hydrogens is 410 g/mol. The van der Waals surface area contributed by atoms with Gasteiger partial charge in [0, 0.05) is 0 Å². The fraction of sp³-hybridized carbons (Fsp3) is 0.680. The van der Waals surface area contributed by atoms with E-state index in [1.807, 2.05) is 34.6 Å². The highest BCUT2D eigenvalue weighted by Crippen LogP contribution is 2.39. The first-order valence-electron chi connectivity index (χ1n) is 11.7. The van der Waals surface area contributed by atoms with Crippen molar-refractivity contribution < 1.29 is 28.5 Å². The lowest BCUT2D eigenvalue weighted by Gasteiger charge is -2.38. The number of benzene rings is 1. The number of imide groups is 1. The number of carbonyl (C=O) groups is 2. The summed E-state index contributed by atoms with van der Waals surface area (Å²) in [5.41, 5.74) is 0.861. The quantitative estimate of drug-likeness (QED) is 0.474. The van der Waals surface area contributed by atoms with Crippen LogP contribution in [0, 0.1) is 0 Å². The van der Waals surface area contributed by atoms with Crippen molar-refractivity contribution in [2.75, 3.05) is 13.2 Å². The van der Waals surface area contributed by atoms with Gasteiger partial charge in [0.05, 0.1) is 42.6 Å². The van der Waals surface area contributed by atoms with Crippen LogP contribution in [0.3, 0.4) is 0 Å². The molecule has 0 N–H and O–H groups in total. The molecule has 2 heterocycles. The van der Waals surface area contributed by atoms with Crippen molar-refractivity contribution in [1.82, 2.24) is 4.90 Å². The Kier molecular flexibility index (Phi) is 8.09. The molecule has 2 aliphatic rings. The van der Waals surface area contributed by atoms with Crippen molar-refractivity contribution in [2.45, 2.75) is 97.0 Å². The Hall–Kier alpha value is -1.80. The lowest BCUT2D eigenvalue weighted by molar-refractivity contribution is -0.202. The van der Waals surface area contributed by atoms with E-state index in [-0.39, 0.29) is 36.2 Å². The number of ether oxygens (including phenoxy) is 4. The lowest BCUT2D eigenvalue weighted by Crippen LogP contribution is -2.54. The summed E-state index contributed by atoms with van der Waals surface area (Å²) in [6, 6.07) is 6.39. The predicted molar refractivity (Wildman–Crippen MR) is 121 cm³/mol. The Bertz CT molecular complexity index is 752. The van der Waals surface area contributed by atoms with Gasteiger partial charge in [0.2, 0.25) is 0 Å². The van der Waals surface area contributed by atoms with Gasteiger partial charge in [-0.3, -0.25) is 14.5 Å². The van der Waals surface area contributed by atoms with Gasteiger partial charge in [-0.2, -0.15) is 0 Å². The maximum atomic E-state index is 13.2. The number of unbranched alkanes of at least 4 members (excludes halogenated alkanes) is 1. The molecule has 3 atom stereocenters. The molecule has 7 nitrogen and oxygen atoms in total. The van der Waals surface area contributed by atoms with Gasteiger partial charge in [-0.05, 0) is 53.2 Å². The summed E-state index contributed by atoms with van der Waals surface area (Å²) < 4.78 is 24.5. The van der Waals surface area contributed by atoms with Crippen LogP contribution < -0.4 is 0 Å². The van der Waals surface area contributed by atoms with Crippen LogP contribution in [-0.4, -0.2) is 66.2 Å². The van der Waals surface area contributed by atoms with Crippen molar-refractivity contribution in [3.05, 3.63) is 35.4 Å². The van der Waals surface area contributed by atoms with Crippen LogP contribution in [0.15, 0.2) is 24.3 Å². The van der Waals surface area contributed by atoms with E-state index in [9.17, 15) is 9.59 Å². The Balaban J connectivity index is 1.88. The number of fused-ring (bicyclic) bond motifs is 1. The molecule has 2 aliphatic heterocycles. The zero-order valence-electron chi connectivity index (χ0n) is 20.1. The van der Waals surface area contributed by atoms with Gasteiger partial charge in [-0.1, -0.05) is 31.9 Å². The van der Waals surface area contributed by atoms with E-state index in [4.69, 9.17) is 18.9 Å². The first-order valence-corrected chi connectivity index (χ1v) is 11.7. The minimum Gasteiger partial charge on any atom is -0.376 e. The second-order valence-corrected chi connectivity index (χ2v) is 9.28. The molecule has 2 amide bonds. The molecule has 32 heavy (non-hydrogen) atoms. The number of nitrogens with zero attached hydrogens (tertiary/aromatic N) is 1. The molecule has 1 aromatic rings. The summed E-state index contributed by atoms with van der Waals surface area (Å²) in [6.45, 7) is 12.5. The number of hydrogen-bond acceptors (Lipinski definition) is 6. The third kappa shape index (κ3) is 5.22. The molecule has 0 saturated carbocycles.